The quantitative estimate of drug-likeness (QED) is 0.529. The molecule has 2 aliphatic rings. The number of hydrogen-bond acceptors (Lipinski definition) is 8. The van der Waals surface area contributed by atoms with Gasteiger partial charge < -0.3 is 14.2 Å². The molecule has 1 aliphatic carbocycles. The van der Waals surface area contributed by atoms with Crippen LogP contribution in [0.15, 0.2) is 40.0 Å². The van der Waals surface area contributed by atoms with Crippen molar-refractivity contribution in [1.29, 1.82) is 0 Å². The molecule has 3 unspecified atom stereocenters. The lowest BCUT2D eigenvalue weighted by Gasteiger charge is -2.38. The van der Waals surface area contributed by atoms with Crippen LogP contribution in [0, 0.1) is 0 Å². The molecule has 0 amide bonds. The Kier molecular flexibility index (Phi) is 5.43. The van der Waals surface area contributed by atoms with Crippen LogP contribution in [0.25, 0.3) is 11.0 Å². The van der Waals surface area contributed by atoms with E-state index in [4.69, 9.17) is 23.8 Å². The Hall–Kier alpha value is -3.56. The van der Waals surface area contributed by atoms with Crippen LogP contribution in [0.3, 0.4) is 0 Å². The topological polar surface area (TPSA) is 96.0 Å². The number of ether oxygens (including phenoxy) is 3. The van der Waals surface area contributed by atoms with Gasteiger partial charge in [-0.3, -0.25) is 9.79 Å². The van der Waals surface area contributed by atoms with Crippen LogP contribution in [-0.4, -0.2) is 47.9 Å². The molecule has 0 spiro atoms. The molecule has 33 heavy (non-hydrogen) atoms. The highest BCUT2D eigenvalue weighted by atomic mass is 19.3. The van der Waals surface area contributed by atoms with E-state index in [-0.39, 0.29) is 35.5 Å². The SMILES string of the molecule is COc1cc2c(cc1OC(F)F)C(c1ccc3nonc3c1)=NC1CCC(OC(C)=O)CC21. The van der Waals surface area contributed by atoms with E-state index in [1.54, 1.807) is 18.2 Å². The molecule has 1 fully saturated rings. The van der Waals surface area contributed by atoms with Crippen LogP contribution in [0.2, 0.25) is 0 Å². The maximum Gasteiger partial charge on any atom is 0.387 e. The number of halogens is 2. The summed E-state index contributed by atoms with van der Waals surface area (Å²) in [5.41, 5.74) is 4.12. The second-order valence-electron chi connectivity index (χ2n) is 8.13. The van der Waals surface area contributed by atoms with Gasteiger partial charge in [0.2, 0.25) is 0 Å². The number of carbonyl (C=O) groups excluding carboxylic acids is 1. The lowest BCUT2D eigenvalue weighted by Crippen LogP contribution is -2.36. The summed E-state index contributed by atoms with van der Waals surface area (Å²) < 4.78 is 46.5. The van der Waals surface area contributed by atoms with Crippen molar-refractivity contribution < 1.29 is 32.4 Å². The van der Waals surface area contributed by atoms with Gasteiger partial charge in [0.25, 0.3) is 0 Å². The first kappa shape index (κ1) is 21.3. The van der Waals surface area contributed by atoms with Gasteiger partial charge in [0, 0.05) is 24.0 Å². The Morgan fingerprint density at radius 1 is 1.12 bits per heavy atom. The van der Waals surface area contributed by atoms with Gasteiger partial charge in [-0.05, 0) is 59.4 Å². The molecule has 1 aromatic heterocycles. The minimum atomic E-state index is -3.01. The zero-order chi connectivity index (χ0) is 23.1. The van der Waals surface area contributed by atoms with Gasteiger partial charge >= 0.3 is 12.6 Å². The first-order valence-electron chi connectivity index (χ1n) is 10.6. The third-order valence-electron chi connectivity index (χ3n) is 6.13. The molecule has 0 N–H and O–H groups in total. The number of benzene rings is 2. The van der Waals surface area contributed by atoms with Gasteiger partial charge in [-0.15, -0.1) is 0 Å². The molecule has 3 aromatic rings. The molecule has 172 valence electrons. The fraction of sp³-hybridized carbons (Fsp3) is 0.391. The summed E-state index contributed by atoms with van der Waals surface area (Å²) in [5.74, 6) is -0.256. The molecule has 3 atom stereocenters. The summed E-state index contributed by atoms with van der Waals surface area (Å²) in [4.78, 5) is 16.5. The van der Waals surface area contributed by atoms with E-state index in [9.17, 15) is 13.6 Å². The number of methoxy groups -OCH3 is 1. The Balaban J connectivity index is 1.64. The monoisotopic (exact) mass is 457 g/mol. The van der Waals surface area contributed by atoms with E-state index in [0.717, 1.165) is 17.5 Å². The number of rotatable bonds is 5. The van der Waals surface area contributed by atoms with Crippen molar-refractivity contribution in [2.24, 2.45) is 4.99 Å². The normalized spacial score (nSPS) is 21.8. The molecular weight excluding hydrogens is 436 g/mol. The summed E-state index contributed by atoms with van der Waals surface area (Å²) in [5, 5.41) is 7.73. The van der Waals surface area contributed by atoms with E-state index >= 15 is 0 Å². The van der Waals surface area contributed by atoms with Crippen molar-refractivity contribution >= 4 is 22.7 Å². The van der Waals surface area contributed by atoms with Crippen molar-refractivity contribution in [3.8, 4) is 11.5 Å². The number of esters is 1. The molecule has 10 heteroatoms. The number of hydrogen-bond donors (Lipinski definition) is 0. The molecule has 1 aliphatic heterocycles. The van der Waals surface area contributed by atoms with Gasteiger partial charge in [-0.2, -0.15) is 8.78 Å². The lowest BCUT2D eigenvalue weighted by atomic mass is 9.74. The number of carbonyl (C=O) groups is 1. The Morgan fingerprint density at radius 2 is 1.94 bits per heavy atom. The van der Waals surface area contributed by atoms with Crippen LogP contribution in [-0.2, 0) is 9.53 Å². The Labute approximate surface area is 187 Å². The number of alkyl halides is 2. The van der Waals surface area contributed by atoms with E-state index in [2.05, 4.69) is 10.3 Å². The zero-order valence-electron chi connectivity index (χ0n) is 18.0. The van der Waals surface area contributed by atoms with Crippen LogP contribution >= 0.6 is 0 Å². The molecular formula is C23H21F2N3O5. The van der Waals surface area contributed by atoms with Crippen LogP contribution in [0.5, 0.6) is 11.5 Å². The lowest BCUT2D eigenvalue weighted by molar-refractivity contribution is -0.148. The standard InChI is InChI=1S/C23H21F2N3O5/c1-11(29)31-13-4-6-17-15(8-13)14-9-20(30-2)21(32-23(24)25)10-16(14)22(26-17)12-3-5-18-19(7-12)28-33-27-18/h3,5,7,9-10,13,15,17,23H,4,6,8H2,1-2H3. The van der Waals surface area contributed by atoms with Crippen molar-refractivity contribution in [2.45, 2.75) is 50.9 Å². The van der Waals surface area contributed by atoms with Crippen molar-refractivity contribution in [3.63, 3.8) is 0 Å². The van der Waals surface area contributed by atoms with Crippen molar-refractivity contribution in [3.05, 3.63) is 47.0 Å². The molecule has 0 radical (unpaired) electrons. The predicted molar refractivity (Wildman–Crippen MR) is 113 cm³/mol. The maximum atomic E-state index is 13.1. The minimum Gasteiger partial charge on any atom is -0.493 e. The third kappa shape index (κ3) is 4.01. The average Bonchev–Trinajstić information content (AvgIpc) is 3.25. The van der Waals surface area contributed by atoms with Gasteiger partial charge in [-0.25, -0.2) is 4.63 Å². The molecule has 5 rings (SSSR count). The smallest absolute Gasteiger partial charge is 0.387 e. The van der Waals surface area contributed by atoms with Crippen molar-refractivity contribution in [1.82, 2.24) is 10.3 Å². The number of aromatic nitrogens is 2. The third-order valence-corrected chi connectivity index (χ3v) is 6.13. The molecule has 8 nitrogen and oxygen atoms in total. The summed E-state index contributed by atoms with van der Waals surface area (Å²) in [6.07, 6.45) is 1.77. The van der Waals surface area contributed by atoms with Gasteiger partial charge in [0.1, 0.15) is 17.1 Å². The zero-order valence-corrected chi connectivity index (χ0v) is 18.0. The maximum absolute atomic E-state index is 13.1. The fourth-order valence-corrected chi connectivity index (χ4v) is 4.78. The summed E-state index contributed by atoms with van der Waals surface area (Å²) in [7, 11) is 1.41. The first-order chi connectivity index (χ1) is 15.9. The average molecular weight is 457 g/mol. The fourth-order valence-electron chi connectivity index (χ4n) is 4.78. The molecule has 0 saturated heterocycles. The summed E-state index contributed by atoms with van der Waals surface area (Å²) >= 11 is 0. The first-order valence-corrected chi connectivity index (χ1v) is 10.6. The highest BCUT2D eigenvalue weighted by Gasteiger charge is 2.39. The predicted octanol–water partition coefficient (Wildman–Crippen LogP) is 4.25. The minimum absolute atomic E-state index is 0.0583. The largest absolute Gasteiger partial charge is 0.493 e. The Bertz CT molecular complexity index is 1240. The summed E-state index contributed by atoms with van der Waals surface area (Å²) in [6, 6.07) is 8.63. The molecule has 2 heterocycles. The van der Waals surface area contributed by atoms with Gasteiger partial charge in [0.05, 0.1) is 18.9 Å². The highest BCUT2D eigenvalue weighted by molar-refractivity contribution is 6.16. The molecule has 0 bridgehead atoms. The molecule has 2 aromatic carbocycles. The number of aliphatic imine (C=N–C) groups is 1. The van der Waals surface area contributed by atoms with E-state index in [1.165, 1.54) is 20.1 Å². The highest BCUT2D eigenvalue weighted by Crippen LogP contribution is 2.45. The second-order valence-corrected chi connectivity index (χ2v) is 8.13. The van der Waals surface area contributed by atoms with E-state index in [1.807, 2.05) is 6.07 Å². The van der Waals surface area contributed by atoms with Crippen LogP contribution in [0.4, 0.5) is 8.78 Å². The summed E-state index contributed by atoms with van der Waals surface area (Å²) in [6.45, 7) is -1.61. The van der Waals surface area contributed by atoms with E-state index < -0.39 is 6.61 Å². The Morgan fingerprint density at radius 3 is 2.70 bits per heavy atom. The van der Waals surface area contributed by atoms with Crippen LogP contribution in [0.1, 0.15) is 48.8 Å². The van der Waals surface area contributed by atoms with Crippen LogP contribution < -0.4 is 9.47 Å². The van der Waals surface area contributed by atoms with Crippen molar-refractivity contribution in [2.75, 3.05) is 7.11 Å². The number of fused-ring (bicyclic) bond motifs is 4. The van der Waals surface area contributed by atoms with Gasteiger partial charge in [-0.1, -0.05) is 6.07 Å². The van der Waals surface area contributed by atoms with Gasteiger partial charge in [0.15, 0.2) is 11.5 Å². The molecule has 1 saturated carbocycles. The second kappa shape index (κ2) is 8.42. The van der Waals surface area contributed by atoms with E-state index in [0.29, 0.717) is 35.2 Å². The number of nitrogens with zero attached hydrogens (tertiary/aromatic N) is 3.